The van der Waals surface area contributed by atoms with Gasteiger partial charge in [-0.3, -0.25) is 4.90 Å². The number of benzene rings is 2. The van der Waals surface area contributed by atoms with Crippen LogP contribution in [0.5, 0.6) is 0 Å². The molecule has 3 rings (SSSR count). The molecule has 2 unspecified atom stereocenters. The molecular weight excluding hydrogens is 273 g/mol. The Balaban J connectivity index is 1.79. The van der Waals surface area contributed by atoms with E-state index in [1.165, 1.54) is 24.8 Å². The van der Waals surface area contributed by atoms with E-state index in [1.807, 2.05) is 12.1 Å². The topological polar surface area (TPSA) is 3.24 Å². The zero-order valence-electron chi connectivity index (χ0n) is 13.2. The zero-order chi connectivity index (χ0) is 15.4. The molecule has 1 aliphatic rings. The van der Waals surface area contributed by atoms with Crippen LogP contribution in [0.1, 0.15) is 43.4 Å². The molecule has 116 valence electrons. The third kappa shape index (κ3) is 3.38. The largest absolute Gasteiger partial charge is 0.293 e. The van der Waals surface area contributed by atoms with Crippen LogP contribution in [-0.4, -0.2) is 17.5 Å². The van der Waals surface area contributed by atoms with Gasteiger partial charge in [-0.2, -0.15) is 0 Å². The summed E-state index contributed by atoms with van der Waals surface area (Å²) in [5.41, 5.74) is 2.20. The van der Waals surface area contributed by atoms with Gasteiger partial charge < -0.3 is 0 Å². The minimum atomic E-state index is -0.0842. The van der Waals surface area contributed by atoms with E-state index in [0.717, 1.165) is 18.5 Å². The van der Waals surface area contributed by atoms with E-state index in [4.69, 9.17) is 0 Å². The normalized spacial score (nSPS) is 20.7. The molecule has 22 heavy (non-hydrogen) atoms. The third-order valence-electron chi connectivity index (χ3n) is 4.84. The molecule has 0 aliphatic carbocycles. The van der Waals surface area contributed by atoms with Crippen molar-refractivity contribution in [3.8, 4) is 0 Å². The molecule has 0 bridgehead atoms. The number of likely N-dealkylation sites (tertiary alicyclic amines) is 1. The van der Waals surface area contributed by atoms with Crippen LogP contribution in [0.4, 0.5) is 4.39 Å². The highest BCUT2D eigenvalue weighted by molar-refractivity contribution is 5.22. The molecule has 2 atom stereocenters. The third-order valence-corrected chi connectivity index (χ3v) is 4.84. The fourth-order valence-electron chi connectivity index (χ4n) is 3.63. The van der Waals surface area contributed by atoms with Gasteiger partial charge in [0.05, 0.1) is 0 Å². The summed E-state index contributed by atoms with van der Waals surface area (Å²) in [6.45, 7) is 3.20. The van der Waals surface area contributed by atoms with Gasteiger partial charge >= 0.3 is 0 Å². The SMILES string of the molecule is CC(c1ccccc1F)N1CCCCC1Cc1ccccc1. The number of halogens is 1. The van der Waals surface area contributed by atoms with E-state index in [1.54, 1.807) is 12.1 Å². The molecule has 2 aromatic carbocycles. The summed E-state index contributed by atoms with van der Waals surface area (Å²) in [5, 5.41) is 0. The van der Waals surface area contributed by atoms with Crippen LogP contribution in [0.3, 0.4) is 0 Å². The first kappa shape index (κ1) is 15.2. The highest BCUT2D eigenvalue weighted by Crippen LogP contribution is 2.31. The van der Waals surface area contributed by atoms with Crippen molar-refractivity contribution in [2.45, 2.75) is 44.7 Å². The van der Waals surface area contributed by atoms with Gasteiger partial charge in [0, 0.05) is 17.6 Å². The second-order valence-electron chi connectivity index (χ2n) is 6.27. The van der Waals surface area contributed by atoms with Crippen molar-refractivity contribution in [2.75, 3.05) is 6.54 Å². The van der Waals surface area contributed by atoms with Gasteiger partial charge in [-0.15, -0.1) is 0 Å². The molecule has 0 saturated carbocycles. The Morgan fingerprint density at radius 2 is 1.77 bits per heavy atom. The maximum absolute atomic E-state index is 14.1. The molecule has 2 aromatic rings. The zero-order valence-corrected chi connectivity index (χ0v) is 13.2. The Morgan fingerprint density at radius 1 is 1.05 bits per heavy atom. The lowest BCUT2D eigenvalue weighted by atomic mass is 9.92. The number of rotatable bonds is 4. The number of piperidine rings is 1. The average Bonchev–Trinajstić information content (AvgIpc) is 2.56. The van der Waals surface area contributed by atoms with E-state index >= 15 is 0 Å². The fourth-order valence-corrected chi connectivity index (χ4v) is 3.63. The van der Waals surface area contributed by atoms with Crippen molar-refractivity contribution in [3.05, 3.63) is 71.5 Å². The van der Waals surface area contributed by atoms with E-state index in [2.05, 4.69) is 42.2 Å². The summed E-state index contributed by atoms with van der Waals surface area (Å²) in [6, 6.07) is 18.5. The molecule has 2 heteroatoms. The van der Waals surface area contributed by atoms with Gasteiger partial charge in [-0.25, -0.2) is 4.39 Å². The van der Waals surface area contributed by atoms with E-state index in [9.17, 15) is 4.39 Å². The molecule has 1 nitrogen and oxygen atoms in total. The van der Waals surface area contributed by atoms with Crippen LogP contribution in [0.15, 0.2) is 54.6 Å². The second kappa shape index (κ2) is 7.06. The first-order valence-corrected chi connectivity index (χ1v) is 8.30. The Bertz CT molecular complexity index is 596. The van der Waals surface area contributed by atoms with Gasteiger partial charge in [-0.05, 0) is 44.4 Å². The monoisotopic (exact) mass is 297 g/mol. The van der Waals surface area contributed by atoms with Gasteiger partial charge in [0.15, 0.2) is 0 Å². The molecule has 1 fully saturated rings. The Morgan fingerprint density at radius 3 is 2.55 bits per heavy atom. The van der Waals surface area contributed by atoms with Gasteiger partial charge in [-0.1, -0.05) is 55.0 Å². The van der Waals surface area contributed by atoms with Crippen LogP contribution in [-0.2, 0) is 6.42 Å². The smallest absolute Gasteiger partial charge is 0.127 e. The first-order valence-electron chi connectivity index (χ1n) is 8.30. The van der Waals surface area contributed by atoms with Crippen molar-refractivity contribution >= 4 is 0 Å². The van der Waals surface area contributed by atoms with Crippen LogP contribution < -0.4 is 0 Å². The van der Waals surface area contributed by atoms with E-state index in [-0.39, 0.29) is 11.9 Å². The fraction of sp³-hybridized carbons (Fsp3) is 0.400. The summed E-state index contributed by atoms with van der Waals surface area (Å²) in [5.74, 6) is -0.0842. The summed E-state index contributed by atoms with van der Waals surface area (Å²) in [4.78, 5) is 2.49. The second-order valence-corrected chi connectivity index (χ2v) is 6.27. The maximum atomic E-state index is 14.1. The molecule has 0 spiro atoms. The number of hydrogen-bond donors (Lipinski definition) is 0. The van der Waals surface area contributed by atoms with Crippen LogP contribution in [0.25, 0.3) is 0 Å². The molecule has 0 radical (unpaired) electrons. The molecule has 0 amide bonds. The average molecular weight is 297 g/mol. The summed E-state index contributed by atoms with van der Waals surface area (Å²) in [7, 11) is 0. The van der Waals surface area contributed by atoms with Crippen molar-refractivity contribution in [3.63, 3.8) is 0 Å². The number of hydrogen-bond acceptors (Lipinski definition) is 1. The van der Waals surface area contributed by atoms with Gasteiger partial charge in [0.25, 0.3) is 0 Å². The Hall–Kier alpha value is -1.67. The van der Waals surface area contributed by atoms with Gasteiger partial charge in [0.1, 0.15) is 5.82 Å². The lowest BCUT2D eigenvalue weighted by Gasteiger charge is -2.40. The van der Waals surface area contributed by atoms with Crippen LogP contribution in [0, 0.1) is 5.82 Å². The highest BCUT2D eigenvalue weighted by atomic mass is 19.1. The Kier molecular flexibility index (Phi) is 4.89. The molecule has 1 saturated heterocycles. The Labute approximate surface area is 132 Å². The van der Waals surface area contributed by atoms with Crippen LogP contribution in [0.2, 0.25) is 0 Å². The molecule has 1 heterocycles. The maximum Gasteiger partial charge on any atom is 0.127 e. The van der Waals surface area contributed by atoms with Gasteiger partial charge in [0.2, 0.25) is 0 Å². The molecule has 1 aliphatic heterocycles. The lowest BCUT2D eigenvalue weighted by molar-refractivity contribution is 0.101. The van der Waals surface area contributed by atoms with Crippen molar-refractivity contribution in [1.82, 2.24) is 4.90 Å². The predicted molar refractivity (Wildman–Crippen MR) is 89.3 cm³/mol. The lowest BCUT2D eigenvalue weighted by Crippen LogP contribution is -2.42. The van der Waals surface area contributed by atoms with Crippen LogP contribution >= 0.6 is 0 Å². The molecule has 0 aromatic heterocycles. The summed E-state index contributed by atoms with van der Waals surface area (Å²) >= 11 is 0. The van der Waals surface area contributed by atoms with Crippen molar-refractivity contribution < 1.29 is 4.39 Å². The van der Waals surface area contributed by atoms with E-state index < -0.39 is 0 Å². The summed E-state index contributed by atoms with van der Waals surface area (Å²) < 4.78 is 14.1. The minimum absolute atomic E-state index is 0.0842. The standard InChI is InChI=1S/C20H24FN/c1-16(19-12-5-6-13-20(19)21)22-14-8-7-11-18(22)15-17-9-3-2-4-10-17/h2-6,9-10,12-13,16,18H,7-8,11,14-15H2,1H3. The number of nitrogens with zero attached hydrogens (tertiary/aromatic N) is 1. The molecule has 0 N–H and O–H groups in total. The quantitative estimate of drug-likeness (QED) is 0.769. The highest BCUT2D eigenvalue weighted by Gasteiger charge is 2.28. The minimum Gasteiger partial charge on any atom is -0.293 e. The van der Waals surface area contributed by atoms with Crippen molar-refractivity contribution in [1.29, 1.82) is 0 Å². The van der Waals surface area contributed by atoms with Crippen molar-refractivity contribution in [2.24, 2.45) is 0 Å². The van der Waals surface area contributed by atoms with E-state index in [0.29, 0.717) is 6.04 Å². The predicted octanol–water partition coefficient (Wildman–Crippen LogP) is 4.98. The first-order chi connectivity index (χ1) is 10.8. The molecular formula is C20H24FN. The summed E-state index contributed by atoms with van der Waals surface area (Å²) in [6.07, 6.45) is 4.75.